The van der Waals surface area contributed by atoms with Crippen LogP contribution in [0.5, 0.6) is 5.75 Å². The van der Waals surface area contributed by atoms with Gasteiger partial charge in [0, 0.05) is 43.3 Å². The van der Waals surface area contributed by atoms with Gasteiger partial charge in [0.05, 0.1) is 12.0 Å². The van der Waals surface area contributed by atoms with Crippen molar-refractivity contribution in [3.05, 3.63) is 63.3 Å². The van der Waals surface area contributed by atoms with Gasteiger partial charge in [0.25, 0.3) is 0 Å². The number of benzene rings is 1. The molecule has 13 heteroatoms. The van der Waals surface area contributed by atoms with Crippen molar-refractivity contribution in [2.75, 3.05) is 39.9 Å². The molecular formula is C30H40N3O10+. The summed E-state index contributed by atoms with van der Waals surface area (Å²) in [4.78, 5) is 28.9. The fourth-order valence-corrected chi connectivity index (χ4v) is 5.89. The number of allylic oxidation sites excluding steroid dienone is 1. The fraction of sp³-hybridized carbons (Fsp3) is 0.533. The average molecular weight is 603 g/mol. The molecule has 234 valence electrons. The Kier molecular flexibility index (Phi) is 9.18. The Morgan fingerprint density at radius 2 is 2.07 bits per heavy atom. The van der Waals surface area contributed by atoms with E-state index in [1.807, 2.05) is 20.0 Å². The largest absolute Gasteiger partial charge is 0.484 e. The first kappa shape index (κ1) is 31.4. The van der Waals surface area contributed by atoms with E-state index in [-0.39, 0.29) is 12.0 Å². The number of quaternary nitrogens is 1. The van der Waals surface area contributed by atoms with Crippen molar-refractivity contribution in [2.24, 2.45) is 4.99 Å². The highest BCUT2D eigenvalue weighted by atomic mass is 17.2. The zero-order valence-corrected chi connectivity index (χ0v) is 24.4. The number of hydrogen-bond acceptors (Lipinski definition) is 12. The lowest BCUT2D eigenvalue weighted by molar-refractivity contribution is -0.856. The number of ether oxygens (including phenoxy) is 1. The van der Waals surface area contributed by atoms with Crippen LogP contribution in [-0.4, -0.2) is 107 Å². The van der Waals surface area contributed by atoms with Crippen molar-refractivity contribution in [1.29, 1.82) is 0 Å². The number of aliphatic imine (C=N–C) groups is 1. The third-order valence-electron chi connectivity index (χ3n) is 8.54. The van der Waals surface area contributed by atoms with Crippen LogP contribution in [0.15, 0.2) is 55.9 Å². The molecule has 43 heavy (non-hydrogen) atoms. The molecule has 1 aromatic carbocycles. The molecule has 1 unspecified atom stereocenters. The van der Waals surface area contributed by atoms with Crippen LogP contribution < -0.4 is 20.4 Å². The highest BCUT2D eigenvalue weighted by molar-refractivity contribution is 5.80. The van der Waals surface area contributed by atoms with Gasteiger partial charge in [0.1, 0.15) is 72.5 Å². The van der Waals surface area contributed by atoms with Gasteiger partial charge in [0.2, 0.25) is 0 Å². The molecule has 3 aliphatic rings. The van der Waals surface area contributed by atoms with Crippen LogP contribution in [0.2, 0.25) is 0 Å². The van der Waals surface area contributed by atoms with E-state index < -0.39 is 48.8 Å². The van der Waals surface area contributed by atoms with Crippen LogP contribution in [0.25, 0.3) is 11.0 Å². The van der Waals surface area contributed by atoms with Crippen LogP contribution in [0.4, 0.5) is 0 Å². The molecule has 0 aliphatic carbocycles. The molecule has 0 fully saturated rings. The molecule has 0 saturated heterocycles. The number of aliphatic hydroxyl groups is 5. The third kappa shape index (κ3) is 6.18. The summed E-state index contributed by atoms with van der Waals surface area (Å²) in [5, 5.41) is 56.7. The first-order chi connectivity index (χ1) is 20.5. The van der Waals surface area contributed by atoms with Crippen LogP contribution in [0.3, 0.4) is 0 Å². The quantitative estimate of drug-likeness (QED) is 0.102. The summed E-state index contributed by atoms with van der Waals surface area (Å²) in [6.07, 6.45) is 0.0742. The molecule has 3 aliphatic heterocycles. The first-order valence-electron chi connectivity index (χ1n) is 14.4. The molecule has 2 aromatic rings. The second-order valence-corrected chi connectivity index (χ2v) is 11.7. The first-order valence-corrected chi connectivity index (χ1v) is 14.4. The van der Waals surface area contributed by atoms with E-state index >= 15 is 0 Å². The van der Waals surface area contributed by atoms with E-state index in [1.165, 1.54) is 6.07 Å². The topological polar surface area (TPSA) is 188 Å². The molecule has 5 rings (SSSR count). The maximum absolute atomic E-state index is 12.6. The Labute approximate surface area is 248 Å². The molecule has 7 atom stereocenters. The van der Waals surface area contributed by atoms with Crippen molar-refractivity contribution in [3.63, 3.8) is 0 Å². The highest BCUT2D eigenvalue weighted by Gasteiger charge is 2.51. The second-order valence-electron chi connectivity index (χ2n) is 11.7. The van der Waals surface area contributed by atoms with Gasteiger partial charge in [-0.3, -0.25) is 14.7 Å². The van der Waals surface area contributed by atoms with E-state index in [9.17, 15) is 30.3 Å². The van der Waals surface area contributed by atoms with Crippen molar-refractivity contribution < 1.29 is 49.4 Å². The smallest absolute Gasteiger partial charge is 0.192 e. The molecule has 0 bridgehead atoms. The van der Waals surface area contributed by atoms with Gasteiger partial charge in [-0.15, -0.1) is 0 Å². The zero-order valence-electron chi connectivity index (χ0n) is 24.4. The van der Waals surface area contributed by atoms with E-state index in [0.29, 0.717) is 58.9 Å². The molecule has 4 heterocycles. The fourth-order valence-electron chi connectivity index (χ4n) is 5.89. The van der Waals surface area contributed by atoms with E-state index in [1.54, 1.807) is 31.3 Å². The van der Waals surface area contributed by atoms with Gasteiger partial charge in [-0.05, 0) is 39.1 Å². The second kappa shape index (κ2) is 12.6. The minimum Gasteiger partial charge on any atom is -0.484 e. The average Bonchev–Trinajstić information content (AvgIpc) is 3.60. The van der Waals surface area contributed by atoms with Crippen molar-refractivity contribution >= 4 is 17.2 Å². The standard InChI is InChI=1S/C30H39N3O10/c1-17-10-22(35)19-11-18-12-27(29(2,6-8-31-3)42-24(18)13-25(19)41-17)43-40-15-26(37)30(39,28(38)23(36)14-34)16-33-9-5-20-21(33)4-7-32-20/h4-5,7,10-11,13,23,26-28,31,34,36-39H,6,8-9,12,14-16H2,1-3H3/p+1/t23-,26+,27-,28-,29+,30-/m1/s1. The molecule has 1 aromatic heterocycles. The minimum absolute atomic E-state index is 0.174. The Morgan fingerprint density at radius 1 is 1.28 bits per heavy atom. The van der Waals surface area contributed by atoms with Gasteiger partial charge in [-0.1, -0.05) is 0 Å². The number of rotatable bonds is 13. The molecule has 0 radical (unpaired) electrons. The predicted molar refractivity (Wildman–Crippen MR) is 155 cm³/mol. The van der Waals surface area contributed by atoms with Crippen molar-refractivity contribution in [3.8, 4) is 5.75 Å². The number of aryl methyl sites for hydroxylation is 1. The Bertz CT molecular complexity index is 1490. The zero-order chi connectivity index (χ0) is 30.9. The maximum atomic E-state index is 12.6. The normalized spacial score (nSPS) is 26.2. The lowest BCUT2D eigenvalue weighted by Crippen LogP contribution is -3.11. The monoisotopic (exact) mass is 602 g/mol. The maximum Gasteiger partial charge on any atom is 0.192 e. The van der Waals surface area contributed by atoms with Gasteiger partial charge in [-0.2, -0.15) is 0 Å². The Hall–Kier alpha value is -2.98. The molecule has 0 spiro atoms. The van der Waals surface area contributed by atoms with Gasteiger partial charge in [-0.25, -0.2) is 9.78 Å². The number of nitrogens with zero attached hydrogens (tertiary/aromatic N) is 1. The molecule has 13 nitrogen and oxygen atoms in total. The van der Waals surface area contributed by atoms with Gasteiger partial charge >= 0.3 is 0 Å². The van der Waals surface area contributed by atoms with E-state index in [4.69, 9.17) is 18.9 Å². The van der Waals surface area contributed by atoms with Crippen molar-refractivity contribution in [2.45, 2.75) is 62.3 Å². The van der Waals surface area contributed by atoms with Gasteiger partial charge in [0.15, 0.2) is 16.7 Å². The molecular weight excluding hydrogens is 562 g/mol. The van der Waals surface area contributed by atoms with E-state index in [0.717, 1.165) is 11.4 Å². The SMILES string of the molecule is CNCC[C@]1(C)Oc2cc3oc(C)cc(=O)c3cc2C[C@H]1OOC[C@H](O)[C@](O)(C[NH+]1CC=C2N=CC=C21)[C@H](O)[C@H](O)CO. The number of hydrogen-bond donors (Lipinski definition) is 7. The van der Waals surface area contributed by atoms with Crippen LogP contribution >= 0.6 is 0 Å². The Morgan fingerprint density at radius 3 is 2.81 bits per heavy atom. The highest BCUT2D eigenvalue weighted by Crippen LogP contribution is 2.39. The summed E-state index contributed by atoms with van der Waals surface area (Å²) in [5.74, 6) is 1.05. The summed E-state index contributed by atoms with van der Waals surface area (Å²) in [6, 6.07) is 4.85. The minimum atomic E-state index is -2.29. The van der Waals surface area contributed by atoms with Crippen molar-refractivity contribution in [1.82, 2.24) is 5.32 Å². The molecule has 0 amide bonds. The number of nitrogens with one attached hydrogen (secondary N) is 2. The lowest BCUT2D eigenvalue weighted by atomic mass is 9.86. The lowest BCUT2D eigenvalue weighted by Gasteiger charge is -2.42. The number of fused-ring (bicyclic) bond motifs is 3. The number of aliphatic hydroxyl groups excluding tert-OH is 4. The Balaban J connectivity index is 1.33. The third-order valence-corrected chi connectivity index (χ3v) is 8.54. The van der Waals surface area contributed by atoms with Crippen LogP contribution in [0.1, 0.15) is 24.7 Å². The summed E-state index contributed by atoms with van der Waals surface area (Å²) in [7, 11) is 1.81. The van der Waals surface area contributed by atoms with Crippen LogP contribution in [-0.2, 0) is 16.2 Å². The summed E-state index contributed by atoms with van der Waals surface area (Å²) >= 11 is 0. The van der Waals surface area contributed by atoms with Crippen LogP contribution in [0, 0.1) is 6.92 Å². The van der Waals surface area contributed by atoms with Gasteiger partial charge < -0.3 is 40.0 Å². The summed E-state index contributed by atoms with van der Waals surface area (Å²) < 4.78 is 12.2. The van der Waals surface area contributed by atoms with E-state index in [2.05, 4.69) is 10.3 Å². The molecule has 0 saturated carbocycles. The predicted octanol–water partition coefficient (Wildman–Crippen LogP) is -1.72. The molecule has 7 N–H and O–H groups in total. The summed E-state index contributed by atoms with van der Waals surface area (Å²) in [5.41, 5.74) is -0.699. The summed E-state index contributed by atoms with van der Waals surface area (Å²) in [6.45, 7) is 3.01.